The summed E-state index contributed by atoms with van der Waals surface area (Å²) in [4.78, 5) is 16.6. The molecule has 1 fully saturated rings. The van der Waals surface area contributed by atoms with E-state index in [1.165, 1.54) is 19.3 Å². The molecule has 6 heteroatoms. The van der Waals surface area contributed by atoms with Gasteiger partial charge < -0.3 is 5.32 Å². The van der Waals surface area contributed by atoms with Crippen molar-refractivity contribution in [2.45, 2.75) is 45.1 Å². The normalized spacial score (nSPS) is 16.1. The molecular formula is C15H21N5O. The fourth-order valence-electron chi connectivity index (χ4n) is 2.89. The van der Waals surface area contributed by atoms with Gasteiger partial charge in [-0.25, -0.2) is 14.5 Å². The lowest BCUT2D eigenvalue weighted by atomic mass is 9.96. The molecule has 0 atom stereocenters. The number of nitrogens with zero attached hydrogens (tertiary/aromatic N) is 3. The highest BCUT2D eigenvalue weighted by atomic mass is 16.2. The Labute approximate surface area is 123 Å². The molecule has 0 aromatic carbocycles. The van der Waals surface area contributed by atoms with Crippen molar-refractivity contribution in [3.63, 3.8) is 0 Å². The zero-order valence-corrected chi connectivity index (χ0v) is 12.5. The summed E-state index contributed by atoms with van der Waals surface area (Å²) < 4.78 is 1.69. The first-order valence-electron chi connectivity index (χ1n) is 7.51. The Morgan fingerprint density at radius 1 is 1.29 bits per heavy atom. The summed E-state index contributed by atoms with van der Waals surface area (Å²) >= 11 is 0. The van der Waals surface area contributed by atoms with Crippen LogP contribution >= 0.6 is 0 Å². The van der Waals surface area contributed by atoms with Crippen molar-refractivity contribution in [1.29, 1.82) is 0 Å². The summed E-state index contributed by atoms with van der Waals surface area (Å²) in [7, 11) is 1.83. The van der Waals surface area contributed by atoms with Crippen LogP contribution in [0, 0.1) is 6.92 Å². The Hall–Kier alpha value is -2.11. The summed E-state index contributed by atoms with van der Waals surface area (Å²) in [6, 6.07) is 3.98. The minimum Gasteiger partial charge on any atom is -0.335 e. The number of hydrogen-bond acceptors (Lipinski definition) is 3. The van der Waals surface area contributed by atoms with Crippen molar-refractivity contribution in [2.24, 2.45) is 7.05 Å². The predicted octanol–water partition coefficient (Wildman–Crippen LogP) is 2.73. The Kier molecular flexibility index (Phi) is 3.77. The summed E-state index contributed by atoms with van der Waals surface area (Å²) in [6.45, 7) is 1.94. The van der Waals surface area contributed by atoms with Gasteiger partial charge in [-0.05, 0) is 31.9 Å². The number of urea groups is 1. The highest BCUT2D eigenvalue weighted by molar-refractivity contribution is 5.98. The first-order valence-corrected chi connectivity index (χ1v) is 7.51. The number of aromatic nitrogens is 3. The Morgan fingerprint density at radius 2 is 2.05 bits per heavy atom. The van der Waals surface area contributed by atoms with E-state index in [0.29, 0.717) is 5.82 Å². The molecule has 1 saturated carbocycles. The van der Waals surface area contributed by atoms with Crippen LogP contribution in [0.3, 0.4) is 0 Å². The molecular weight excluding hydrogens is 266 g/mol. The molecule has 3 rings (SSSR count). The second-order valence-corrected chi connectivity index (χ2v) is 5.73. The van der Waals surface area contributed by atoms with E-state index >= 15 is 0 Å². The van der Waals surface area contributed by atoms with Crippen LogP contribution in [0.1, 0.15) is 37.8 Å². The minimum atomic E-state index is -0.178. The van der Waals surface area contributed by atoms with Crippen LogP contribution in [-0.2, 0) is 7.05 Å². The summed E-state index contributed by atoms with van der Waals surface area (Å²) in [5, 5.41) is 11.1. The molecule has 0 spiro atoms. The van der Waals surface area contributed by atoms with Crippen molar-refractivity contribution in [2.75, 3.05) is 5.32 Å². The van der Waals surface area contributed by atoms with Crippen molar-refractivity contribution < 1.29 is 4.79 Å². The Bertz CT molecular complexity index is 657. The van der Waals surface area contributed by atoms with Crippen LogP contribution in [-0.4, -0.2) is 26.8 Å². The van der Waals surface area contributed by atoms with E-state index in [4.69, 9.17) is 0 Å². The van der Waals surface area contributed by atoms with Gasteiger partial charge in [0.25, 0.3) is 0 Å². The van der Waals surface area contributed by atoms with E-state index in [0.717, 1.165) is 29.6 Å². The topological polar surface area (TPSA) is 71.8 Å². The molecule has 0 unspecified atom stereocenters. The molecule has 2 heterocycles. The van der Waals surface area contributed by atoms with Gasteiger partial charge in [0, 0.05) is 18.8 Å². The molecule has 0 radical (unpaired) electrons. The highest BCUT2D eigenvalue weighted by Gasteiger charge is 2.17. The number of amides is 2. The molecule has 0 bridgehead atoms. The molecule has 1 aliphatic rings. The smallest absolute Gasteiger partial charge is 0.320 e. The number of carbonyl (C=O) groups is 1. The average molecular weight is 287 g/mol. The summed E-state index contributed by atoms with van der Waals surface area (Å²) in [5.41, 5.74) is 1.71. The van der Waals surface area contributed by atoms with E-state index in [1.54, 1.807) is 4.68 Å². The lowest BCUT2D eigenvalue weighted by Crippen LogP contribution is -2.39. The standard InChI is InChI=1S/C15H21N5O/c1-10-8-9-12-13(19-20(2)14(12)16-10)18-15(21)17-11-6-4-3-5-7-11/h8-9,11H,3-7H2,1-2H3,(H2,17,18,19,21). The van der Waals surface area contributed by atoms with Crippen LogP contribution in [0.2, 0.25) is 0 Å². The van der Waals surface area contributed by atoms with Crippen molar-refractivity contribution in [3.05, 3.63) is 17.8 Å². The molecule has 2 N–H and O–H groups in total. The van der Waals surface area contributed by atoms with E-state index in [-0.39, 0.29) is 12.1 Å². The molecule has 112 valence electrons. The van der Waals surface area contributed by atoms with Crippen molar-refractivity contribution >= 4 is 22.9 Å². The molecule has 0 saturated heterocycles. The molecule has 2 aromatic rings. The van der Waals surface area contributed by atoms with Crippen molar-refractivity contribution in [1.82, 2.24) is 20.1 Å². The van der Waals surface area contributed by atoms with Gasteiger partial charge in [0.15, 0.2) is 11.5 Å². The van der Waals surface area contributed by atoms with Crippen molar-refractivity contribution in [3.8, 4) is 0 Å². The lowest BCUT2D eigenvalue weighted by Gasteiger charge is -2.22. The van der Waals surface area contributed by atoms with Gasteiger partial charge >= 0.3 is 6.03 Å². The fraction of sp³-hybridized carbons (Fsp3) is 0.533. The third-order valence-corrected chi connectivity index (χ3v) is 4.00. The maximum Gasteiger partial charge on any atom is 0.320 e. The quantitative estimate of drug-likeness (QED) is 0.892. The van der Waals surface area contributed by atoms with Gasteiger partial charge in [-0.3, -0.25) is 5.32 Å². The maximum atomic E-state index is 12.1. The van der Waals surface area contributed by atoms with Gasteiger partial charge in [0.1, 0.15) is 0 Å². The SMILES string of the molecule is Cc1ccc2c(NC(=O)NC3CCCCC3)nn(C)c2n1. The minimum absolute atomic E-state index is 0.178. The maximum absolute atomic E-state index is 12.1. The van der Waals surface area contributed by atoms with E-state index in [2.05, 4.69) is 20.7 Å². The predicted molar refractivity (Wildman–Crippen MR) is 82.3 cm³/mol. The van der Waals surface area contributed by atoms with E-state index < -0.39 is 0 Å². The Balaban J connectivity index is 1.73. The van der Waals surface area contributed by atoms with Crippen LogP contribution in [0.25, 0.3) is 11.0 Å². The highest BCUT2D eigenvalue weighted by Crippen LogP contribution is 2.21. The first-order chi connectivity index (χ1) is 10.1. The summed E-state index contributed by atoms with van der Waals surface area (Å²) in [6.07, 6.45) is 5.80. The third kappa shape index (κ3) is 2.99. The monoisotopic (exact) mass is 287 g/mol. The number of anilines is 1. The van der Waals surface area contributed by atoms with Crippen LogP contribution in [0.15, 0.2) is 12.1 Å². The molecule has 1 aliphatic carbocycles. The zero-order valence-electron chi connectivity index (χ0n) is 12.5. The van der Waals surface area contributed by atoms with E-state index in [1.807, 2.05) is 26.1 Å². The lowest BCUT2D eigenvalue weighted by molar-refractivity contribution is 0.244. The molecule has 6 nitrogen and oxygen atoms in total. The average Bonchev–Trinajstić information content (AvgIpc) is 2.76. The van der Waals surface area contributed by atoms with Gasteiger partial charge in [-0.15, -0.1) is 0 Å². The van der Waals surface area contributed by atoms with Crippen LogP contribution in [0.4, 0.5) is 10.6 Å². The molecule has 2 aromatic heterocycles. The number of hydrogen-bond donors (Lipinski definition) is 2. The Morgan fingerprint density at radius 3 is 2.81 bits per heavy atom. The van der Waals surface area contributed by atoms with E-state index in [9.17, 15) is 4.79 Å². The molecule has 2 amide bonds. The van der Waals surface area contributed by atoms with Gasteiger partial charge in [-0.2, -0.15) is 5.10 Å². The first kappa shape index (κ1) is 13.9. The van der Waals surface area contributed by atoms with Crippen LogP contribution < -0.4 is 10.6 Å². The number of rotatable bonds is 2. The van der Waals surface area contributed by atoms with Crippen LogP contribution in [0.5, 0.6) is 0 Å². The van der Waals surface area contributed by atoms with Gasteiger partial charge in [0.05, 0.1) is 5.39 Å². The molecule has 21 heavy (non-hydrogen) atoms. The molecule has 0 aliphatic heterocycles. The second kappa shape index (κ2) is 5.71. The number of pyridine rings is 1. The second-order valence-electron chi connectivity index (χ2n) is 5.73. The van der Waals surface area contributed by atoms with Gasteiger partial charge in [0.2, 0.25) is 0 Å². The van der Waals surface area contributed by atoms with Gasteiger partial charge in [-0.1, -0.05) is 19.3 Å². The number of nitrogens with one attached hydrogen (secondary N) is 2. The number of carbonyl (C=O) groups excluding carboxylic acids is 1. The number of fused-ring (bicyclic) bond motifs is 1. The fourth-order valence-corrected chi connectivity index (χ4v) is 2.89. The largest absolute Gasteiger partial charge is 0.335 e. The third-order valence-electron chi connectivity index (χ3n) is 4.00. The summed E-state index contributed by atoms with van der Waals surface area (Å²) in [5.74, 6) is 0.563. The number of aryl methyl sites for hydroxylation is 2. The zero-order chi connectivity index (χ0) is 14.8.